The molecule has 1 N–H and O–H groups in total. The summed E-state index contributed by atoms with van der Waals surface area (Å²) >= 11 is 0. The minimum absolute atomic E-state index is 0.0983. The van der Waals surface area contributed by atoms with E-state index in [1.807, 2.05) is 17.5 Å². The predicted octanol–water partition coefficient (Wildman–Crippen LogP) is 2.72. The van der Waals surface area contributed by atoms with Gasteiger partial charge < -0.3 is 14.4 Å². The Bertz CT molecular complexity index is 640. The minimum Gasteiger partial charge on any atom is -0.476 e. The van der Waals surface area contributed by atoms with Gasteiger partial charge >= 0.3 is 5.97 Å². The van der Waals surface area contributed by atoms with Gasteiger partial charge in [-0.25, -0.2) is 9.78 Å². The highest BCUT2D eigenvalue weighted by Gasteiger charge is 2.14. The Balaban J connectivity index is 2.01. The van der Waals surface area contributed by atoms with Gasteiger partial charge in [0, 0.05) is 25.5 Å². The number of carboxylic acids is 1. The third-order valence-corrected chi connectivity index (χ3v) is 3.91. The van der Waals surface area contributed by atoms with Crippen molar-refractivity contribution in [2.45, 2.75) is 32.6 Å². The number of hydrogen-bond acceptors (Lipinski definition) is 3. The Labute approximate surface area is 117 Å². The van der Waals surface area contributed by atoms with Crippen molar-refractivity contribution in [1.29, 1.82) is 0 Å². The molecular formula is C15H19N3O2. The molecular weight excluding hydrogens is 254 g/mol. The lowest BCUT2D eigenvalue weighted by Crippen LogP contribution is -2.24. The van der Waals surface area contributed by atoms with Crippen LogP contribution in [0.2, 0.25) is 0 Å². The first-order valence-corrected chi connectivity index (χ1v) is 7.13. The van der Waals surface area contributed by atoms with Crippen LogP contribution >= 0.6 is 0 Å². The summed E-state index contributed by atoms with van der Waals surface area (Å²) in [5, 5.41) is 9.05. The molecule has 0 bridgehead atoms. The maximum Gasteiger partial charge on any atom is 0.356 e. The zero-order valence-corrected chi connectivity index (χ0v) is 11.7. The third-order valence-electron chi connectivity index (χ3n) is 3.91. The van der Waals surface area contributed by atoms with Gasteiger partial charge in [0.25, 0.3) is 0 Å². The lowest BCUT2D eigenvalue weighted by Gasteiger charge is -2.23. The summed E-state index contributed by atoms with van der Waals surface area (Å²) in [6.45, 7) is 4.13. The van der Waals surface area contributed by atoms with Crippen LogP contribution < -0.4 is 4.90 Å². The summed E-state index contributed by atoms with van der Waals surface area (Å²) in [4.78, 5) is 17.6. The van der Waals surface area contributed by atoms with Gasteiger partial charge in [-0.3, -0.25) is 0 Å². The van der Waals surface area contributed by atoms with Gasteiger partial charge in [-0.05, 0) is 31.4 Å². The summed E-state index contributed by atoms with van der Waals surface area (Å²) in [6.07, 6.45) is 8.62. The van der Waals surface area contributed by atoms with E-state index in [1.165, 1.54) is 25.7 Å². The van der Waals surface area contributed by atoms with Gasteiger partial charge in [-0.1, -0.05) is 12.8 Å². The van der Waals surface area contributed by atoms with Crippen molar-refractivity contribution >= 4 is 17.3 Å². The van der Waals surface area contributed by atoms with Crippen LogP contribution in [-0.4, -0.2) is 33.6 Å². The first-order valence-electron chi connectivity index (χ1n) is 7.13. The second-order valence-electron chi connectivity index (χ2n) is 5.44. The van der Waals surface area contributed by atoms with Crippen molar-refractivity contribution in [2.24, 2.45) is 0 Å². The summed E-state index contributed by atoms with van der Waals surface area (Å²) < 4.78 is 1.83. The number of nitrogens with zero attached hydrogens (tertiary/aromatic N) is 3. The second kappa shape index (κ2) is 5.15. The van der Waals surface area contributed by atoms with Crippen LogP contribution in [0.3, 0.4) is 0 Å². The lowest BCUT2D eigenvalue weighted by atomic mass is 10.2. The molecule has 1 saturated heterocycles. The van der Waals surface area contributed by atoms with Crippen LogP contribution in [0.4, 0.5) is 5.69 Å². The molecule has 1 aliphatic rings. The average molecular weight is 273 g/mol. The maximum absolute atomic E-state index is 11.0. The Kier molecular flexibility index (Phi) is 3.34. The van der Waals surface area contributed by atoms with Crippen LogP contribution in [0.25, 0.3) is 5.65 Å². The smallest absolute Gasteiger partial charge is 0.356 e. The molecule has 0 atom stereocenters. The fourth-order valence-electron chi connectivity index (χ4n) is 2.85. The number of hydrogen-bond donors (Lipinski definition) is 1. The zero-order chi connectivity index (χ0) is 14.1. The average Bonchev–Trinajstić information content (AvgIpc) is 2.67. The molecule has 0 amide bonds. The normalized spacial score (nSPS) is 16.4. The number of aryl methyl sites for hydroxylation is 1. The third kappa shape index (κ3) is 2.35. The van der Waals surface area contributed by atoms with Gasteiger partial charge in [0.1, 0.15) is 5.65 Å². The summed E-state index contributed by atoms with van der Waals surface area (Å²) in [5.41, 5.74) is 2.99. The Hall–Kier alpha value is -2.04. The molecule has 20 heavy (non-hydrogen) atoms. The second-order valence-corrected chi connectivity index (χ2v) is 5.44. The van der Waals surface area contributed by atoms with Crippen LogP contribution in [-0.2, 0) is 0 Å². The first kappa shape index (κ1) is 13.0. The number of pyridine rings is 1. The van der Waals surface area contributed by atoms with Gasteiger partial charge in [-0.15, -0.1) is 0 Å². The molecule has 106 valence electrons. The molecule has 5 heteroatoms. The molecule has 2 aromatic heterocycles. The lowest BCUT2D eigenvalue weighted by molar-refractivity contribution is 0.0691. The molecule has 1 fully saturated rings. The number of rotatable bonds is 2. The monoisotopic (exact) mass is 273 g/mol. The molecule has 2 aromatic rings. The molecule has 0 aromatic carbocycles. The highest BCUT2D eigenvalue weighted by Crippen LogP contribution is 2.23. The van der Waals surface area contributed by atoms with E-state index in [0.29, 0.717) is 0 Å². The van der Waals surface area contributed by atoms with Crippen molar-refractivity contribution in [3.8, 4) is 0 Å². The summed E-state index contributed by atoms with van der Waals surface area (Å²) in [6, 6.07) is 2.11. The molecule has 3 heterocycles. The number of anilines is 1. The standard InChI is InChI=1S/C15H19N3O2/c1-11-8-12(17-6-4-2-3-5-7-17)9-18-10-13(15(19)20)16-14(11)18/h8-10H,2-7H2,1H3,(H,19,20). The van der Waals surface area contributed by atoms with E-state index in [2.05, 4.69) is 16.0 Å². The molecule has 0 aliphatic carbocycles. The fourth-order valence-corrected chi connectivity index (χ4v) is 2.85. The minimum atomic E-state index is -0.982. The molecule has 3 rings (SSSR count). The number of aromatic carboxylic acids is 1. The Morgan fingerprint density at radius 3 is 2.55 bits per heavy atom. The van der Waals surface area contributed by atoms with E-state index >= 15 is 0 Å². The molecule has 0 unspecified atom stereocenters. The number of imidazole rings is 1. The van der Waals surface area contributed by atoms with Crippen molar-refractivity contribution < 1.29 is 9.90 Å². The quantitative estimate of drug-likeness (QED) is 0.914. The molecule has 0 saturated carbocycles. The number of aromatic nitrogens is 2. The summed E-state index contributed by atoms with van der Waals surface area (Å²) in [7, 11) is 0. The van der Waals surface area contributed by atoms with E-state index in [0.717, 1.165) is 30.0 Å². The number of carboxylic acid groups (broad SMARTS) is 1. The van der Waals surface area contributed by atoms with Gasteiger partial charge in [-0.2, -0.15) is 0 Å². The van der Waals surface area contributed by atoms with Crippen LogP contribution in [0.15, 0.2) is 18.5 Å². The van der Waals surface area contributed by atoms with Crippen LogP contribution in [0, 0.1) is 6.92 Å². The SMILES string of the molecule is Cc1cc(N2CCCCCC2)cn2cc(C(=O)O)nc12. The Morgan fingerprint density at radius 2 is 1.90 bits per heavy atom. The molecule has 0 spiro atoms. The van der Waals surface area contributed by atoms with Crippen molar-refractivity contribution in [2.75, 3.05) is 18.0 Å². The van der Waals surface area contributed by atoms with Crippen molar-refractivity contribution in [3.63, 3.8) is 0 Å². The molecule has 5 nitrogen and oxygen atoms in total. The van der Waals surface area contributed by atoms with E-state index in [1.54, 1.807) is 6.20 Å². The van der Waals surface area contributed by atoms with Crippen molar-refractivity contribution in [1.82, 2.24) is 9.38 Å². The predicted molar refractivity (Wildman–Crippen MR) is 77.6 cm³/mol. The number of fused-ring (bicyclic) bond motifs is 1. The molecule has 0 radical (unpaired) electrons. The number of carbonyl (C=O) groups is 1. The fraction of sp³-hybridized carbons (Fsp3) is 0.467. The highest BCUT2D eigenvalue weighted by atomic mass is 16.4. The van der Waals surface area contributed by atoms with E-state index in [9.17, 15) is 4.79 Å². The Morgan fingerprint density at radius 1 is 1.20 bits per heavy atom. The van der Waals surface area contributed by atoms with Crippen molar-refractivity contribution in [3.05, 3.63) is 29.7 Å². The van der Waals surface area contributed by atoms with Gasteiger partial charge in [0.05, 0.1) is 5.69 Å². The van der Waals surface area contributed by atoms with E-state index in [4.69, 9.17) is 5.11 Å². The maximum atomic E-state index is 11.0. The van der Waals surface area contributed by atoms with Crippen LogP contribution in [0.1, 0.15) is 41.7 Å². The summed E-state index contributed by atoms with van der Waals surface area (Å²) in [5.74, 6) is -0.982. The first-order chi connectivity index (χ1) is 9.65. The van der Waals surface area contributed by atoms with E-state index in [-0.39, 0.29) is 5.69 Å². The highest BCUT2D eigenvalue weighted by molar-refractivity contribution is 5.86. The zero-order valence-electron chi connectivity index (χ0n) is 11.7. The van der Waals surface area contributed by atoms with E-state index < -0.39 is 5.97 Å². The van der Waals surface area contributed by atoms with Gasteiger partial charge in [0.15, 0.2) is 5.69 Å². The van der Waals surface area contributed by atoms with Crippen LogP contribution in [0.5, 0.6) is 0 Å². The molecule has 1 aliphatic heterocycles. The van der Waals surface area contributed by atoms with Gasteiger partial charge in [0.2, 0.25) is 0 Å². The largest absolute Gasteiger partial charge is 0.476 e. The topological polar surface area (TPSA) is 57.8 Å².